The van der Waals surface area contributed by atoms with Gasteiger partial charge in [0.25, 0.3) is 0 Å². The van der Waals surface area contributed by atoms with Gasteiger partial charge in [0, 0.05) is 13.0 Å². The number of benzene rings is 1. The van der Waals surface area contributed by atoms with Crippen molar-refractivity contribution in [1.29, 1.82) is 5.26 Å². The number of carbonyl (C=O) groups excluding carboxylic acids is 1. The van der Waals surface area contributed by atoms with Gasteiger partial charge in [-0.2, -0.15) is 5.26 Å². The van der Waals surface area contributed by atoms with Crippen LogP contribution in [0.3, 0.4) is 0 Å². The lowest BCUT2D eigenvalue weighted by Crippen LogP contribution is -2.43. The Kier molecular flexibility index (Phi) is 5.19. The lowest BCUT2D eigenvalue weighted by molar-refractivity contribution is -0.385. The summed E-state index contributed by atoms with van der Waals surface area (Å²) in [7, 11) is 0. The molecule has 0 aliphatic rings. The molecule has 21 heavy (non-hydrogen) atoms. The largest absolute Gasteiger partial charge is 0.484 e. The highest BCUT2D eigenvalue weighted by Gasteiger charge is 2.22. The average molecular weight is 293 g/mol. The maximum atomic E-state index is 10.9. The van der Waals surface area contributed by atoms with Crippen LogP contribution in [0.4, 0.5) is 5.69 Å². The number of nitro benzene ring substituents is 1. The summed E-state index contributed by atoms with van der Waals surface area (Å²) in [4.78, 5) is 31.9. The molecule has 0 saturated carbocycles. The molecule has 0 fully saturated rings. The molecular formula is C12H11N3O6. The highest BCUT2D eigenvalue weighted by atomic mass is 16.6. The van der Waals surface area contributed by atoms with Gasteiger partial charge in [-0.25, -0.2) is 4.79 Å². The molecule has 1 unspecified atom stereocenters. The van der Waals surface area contributed by atoms with E-state index in [2.05, 4.69) is 5.32 Å². The fraction of sp³-hybridized carbons (Fsp3) is 0.250. The zero-order valence-corrected chi connectivity index (χ0v) is 10.9. The number of nitrogens with one attached hydrogen (secondary N) is 1. The van der Waals surface area contributed by atoms with E-state index in [9.17, 15) is 19.7 Å². The first kappa shape index (κ1) is 15.9. The number of carboxylic acids is 1. The molecule has 1 atom stereocenters. The first-order chi connectivity index (χ1) is 9.85. The van der Waals surface area contributed by atoms with Crippen molar-refractivity contribution in [3.05, 3.63) is 33.9 Å². The quantitative estimate of drug-likeness (QED) is 0.572. The van der Waals surface area contributed by atoms with E-state index >= 15 is 0 Å². The van der Waals surface area contributed by atoms with Crippen LogP contribution in [-0.4, -0.2) is 34.6 Å². The van der Waals surface area contributed by atoms with Gasteiger partial charge in [0.15, 0.2) is 11.8 Å². The Bertz CT molecular complexity index is 622. The van der Waals surface area contributed by atoms with E-state index in [1.165, 1.54) is 12.1 Å². The molecule has 0 radical (unpaired) electrons. The summed E-state index contributed by atoms with van der Waals surface area (Å²) in [5, 5.41) is 30.6. The number of ether oxygens (including phenoxy) is 1. The van der Waals surface area contributed by atoms with E-state index in [4.69, 9.17) is 15.1 Å². The second-order valence-corrected chi connectivity index (χ2v) is 3.95. The van der Waals surface area contributed by atoms with Crippen LogP contribution < -0.4 is 10.1 Å². The molecule has 0 spiro atoms. The number of carboxylic acid groups (broad SMARTS) is 1. The van der Waals surface area contributed by atoms with Crippen molar-refractivity contribution in [1.82, 2.24) is 5.32 Å². The van der Waals surface area contributed by atoms with Gasteiger partial charge >= 0.3 is 11.7 Å². The molecule has 110 valence electrons. The minimum absolute atomic E-state index is 0.0747. The fourth-order valence-electron chi connectivity index (χ4n) is 1.44. The molecule has 9 heteroatoms. The molecule has 1 aromatic rings. The third-order valence-electron chi connectivity index (χ3n) is 2.37. The first-order valence-electron chi connectivity index (χ1n) is 5.66. The Morgan fingerprint density at radius 3 is 2.71 bits per heavy atom. The van der Waals surface area contributed by atoms with Crippen LogP contribution in [0.25, 0.3) is 0 Å². The van der Waals surface area contributed by atoms with Crippen LogP contribution in [0.1, 0.15) is 12.5 Å². The molecule has 0 saturated heterocycles. The zero-order chi connectivity index (χ0) is 16.0. The number of hydrogen-bond acceptors (Lipinski definition) is 6. The van der Waals surface area contributed by atoms with Crippen molar-refractivity contribution >= 4 is 17.6 Å². The fourth-order valence-corrected chi connectivity index (χ4v) is 1.44. The second-order valence-electron chi connectivity index (χ2n) is 3.95. The molecule has 9 nitrogen and oxygen atoms in total. The highest BCUT2D eigenvalue weighted by molar-refractivity contribution is 5.82. The standard InChI is InChI=1S/C12H11N3O6/c1-7(16)14-9(12(17)18)6-21-11-3-2-8(5-13)4-10(11)15(19)20/h2-4,9H,6H2,1H3,(H,14,16)(H,17,18). The summed E-state index contributed by atoms with van der Waals surface area (Å²) in [6.07, 6.45) is 0. The minimum Gasteiger partial charge on any atom is -0.484 e. The predicted molar refractivity (Wildman–Crippen MR) is 68.5 cm³/mol. The van der Waals surface area contributed by atoms with Crippen molar-refractivity contribution in [2.75, 3.05) is 6.61 Å². The van der Waals surface area contributed by atoms with Gasteiger partial charge in [0.1, 0.15) is 6.61 Å². The molecule has 1 amide bonds. The lowest BCUT2D eigenvalue weighted by atomic mass is 10.2. The van der Waals surface area contributed by atoms with Crippen LogP contribution in [-0.2, 0) is 9.59 Å². The smallest absolute Gasteiger partial charge is 0.329 e. The third-order valence-corrected chi connectivity index (χ3v) is 2.37. The molecule has 1 aromatic carbocycles. The van der Waals surface area contributed by atoms with E-state index in [0.717, 1.165) is 13.0 Å². The number of amides is 1. The van der Waals surface area contributed by atoms with Gasteiger partial charge in [0.2, 0.25) is 5.91 Å². The number of hydrogen-bond donors (Lipinski definition) is 2. The van der Waals surface area contributed by atoms with E-state index in [0.29, 0.717) is 0 Å². The Labute approximate surface area is 118 Å². The lowest BCUT2D eigenvalue weighted by Gasteiger charge is -2.14. The Hall–Kier alpha value is -3.15. The minimum atomic E-state index is -1.34. The number of nitrogens with zero attached hydrogens (tertiary/aromatic N) is 2. The predicted octanol–water partition coefficient (Wildman–Crippen LogP) is 0.435. The molecule has 0 aliphatic carbocycles. The maximum absolute atomic E-state index is 10.9. The monoisotopic (exact) mass is 293 g/mol. The van der Waals surface area contributed by atoms with E-state index in [-0.39, 0.29) is 11.3 Å². The van der Waals surface area contributed by atoms with Gasteiger partial charge in [-0.15, -0.1) is 0 Å². The number of carbonyl (C=O) groups is 2. The summed E-state index contributed by atoms with van der Waals surface area (Å²) in [5.74, 6) is -2.09. The van der Waals surface area contributed by atoms with Crippen molar-refractivity contribution in [3.63, 3.8) is 0 Å². The van der Waals surface area contributed by atoms with Crippen LogP contribution in [0.15, 0.2) is 18.2 Å². The highest BCUT2D eigenvalue weighted by Crippen LogP contribution is 2.27. The van der Waals surface area contributed by atoms with Crippen LogP contribution in [0, 0.1) is 21.4 Å². The van der Waals surface area contributed by atoms with Gasteiger partial charge in [-0.05, 0) is 12.1 Å². The van der Waals surface area contributed by atoms with E-state index < -0.39 is 35.1 Å². The summed E-state index contributed by atoms with van der Waals surface area (Å²) < 4.78 is 5.08. The van der Waals surface area contributed by atoms with Crippen LogP contribution in [0.2, 0.25) is 0 Å². The van der Waals surface area contributed by atoms with Gasteiger partial charge in [-0.1, -0.05) is 0 Å². The third kappa shape index (κ3) is 4.46. The molecular weight excluding hydrogens is 282 g/mol. The van der Waals surface area contributed by atoms with Gasteiger partial charge < -0.3 is 15.2 Å². The van der Waals surface area contributed by atoms with E-state index in [1.54, 1.807) is 6.07 Å². The van der Waals surface area contributed by atoms with Gasteiger partial charge in [-0.3, -0.25) is 14.9 Å². The SMILES string of the molecule is CC(=O)NC(COc1ccc(C#N)cc1[N+](=O)[O-])C(=O)O. The van der Waals surface area contributed by atoms with E-state index in [1.807, 2.05) is 0 Å². The number of aliphatic carboxylic acids is 1. The Balaban J connectivity index is 2.92. The second kappa shape index (κ2) is 6.85. The van der Waals surface area contributed by atoms with Crippen molar-refractivity contribution in [2.24, 2.45) is 0 Å². The maximum Gasteiger partial charge on any atom is 0.329 e. The molecule has 2 N–H and O–H groups in total. The molecule has 0 heterocycles. The normalized spacial score (nSPS) is 11.0. The van der Waals surface area contributed by atoms with Crippen molar-refractivity contribution in [2.45, 2.75) is 13.0 Å². The zero-order valence-electron chi connectivity index (χ0n) is 10.9. The van der Waals surface area contributed by atoms with Crippen LogP contribution in [0.5, 0.6) is 5.75 Å². The first-order valence-corrected chi connectivity index (χ1v) is 5.66. The summed E-state index contributed by atoms with van der Waals surface area (Å²) in [5.41, 5.74) is -0.383. The molecule has 0 aromatic heterocycles. The number of rotatable bonds is 6. The van der Waals surface area contributed by atoms with Crippen LogP contribution >= 0.6 is 0 Å². The average Bonchev–Trinajstić information content (AvgIpc) is 2.42. The number of nitro groups is 1. The van der Waals surface area contributed by atoms with Crippen molar-refractivity contribution in [3.8, 4) is 11.8 Å². The Morgan fingerprint density at radius 2 is 2.24 bits per heavy atom. The summed E-state index contributed by atoms with van der Waals surface area (Å²) in [6, 6.07) is 3.93. The number of nitriles is 1. The van der Waals surface area contributed by atoms with Crippen molar-refractivity contribution < 1.29 is 24.4 Å². The summed E-state index contributed by atoms with van der Waals surface area (Å²) >= 11 is 0. The summed E-state index contributed by atoms with van der Waals surface area (Å²) in [6.45, 7) is 0.655. The van der Waals surface area contributed by atoms with Gasteiger partial charge in [0.05, 0.1) is 16.6 Å². The molecule has 0 aliphatic heterocycles. The molecule has 0 bridgehead atoms. The topological polar surface area (TPSA) is 143 Å². The molecule has 1 rings (SSSR count). The Morgan fingerprint density at radius 1 is 1.57 bits per heavy atom.